The van der Waals surface area contributed by atoms with Crippen molar-refractivity contribution in [3.63, 3.8) is 0 Å². The number of nitrogens with one attached hydrogen (secondary N) is 2. The molecule has 4 rings (SSSR count). The van der Waals surface area contributed by atoms with E-state index >= 15 is 0 Å². The first-order chi connectivity index (χ1) is 20.0. The molecule has 0 aromatic carbocycles. The van der Waals surface area contributed by atoms with Crippen molar-refractivity contribution >= 4 is 5.91 Å². The standard InChI is InChI=1S/C25H44N6O11/c1-30-17-20(36)14-3-10(16(29)23(40-14)41-22-13(28)4-12(27)19(35)21(22)37)8-38-24(17)42-25-18(34)9(2-11(7-32)39-25)6-31-15(33)5-26/h9-14,16-17,19-20,23-24,30,32,34-37H,2-8,26-29H2,1H3,(H,31,33)/t9?,10?,11?,12-,13?,14?,16?,17?,19?,20?,23-,24?/m1/s1. The summed E-state index contributed by atoms with van der Waals surface area (Å²) in [6.07, 6.45) is -5.86. The van der Waals surface area contributed by atoms with Gasteiger partial charge >= 0.3 is 5.95 Å². The van der Waals surface area contributed by atoms with E-state index in [0.29, 0.717) is 6.42 Å². The van der Waals surface area contributed by atoms with Gasteiger partial charge in [-0.15, -0.1) is 0 Å². The van der Waals surface area contributed by atoms with Gasteiger partial charge in [-0.1, -0.05) is 0 Å². The Kier molecular flexibility index (Phi) is 10.7. The van der Waals surface area contributed by atoms with Gasteiger partial charge in [-0.05, 0) is 26.3 Å². The van der Waals surface area contributed by atoms with Crippen molar-refractivity contribution in [1.82, 2.24) is 10.6 Å². The minimum Gasteiger partial charge on any atom is -0.506 e. The van der Waals surface area contributed by atoms with Crippen LogP contribution in [-0.4, -0.2) is 126 Å². The third-order valence-corrected chi connectivity index (χ3v) is 8.17. The molecular weight excluding hydrogens is 560 g/mol. The number of hydrogen-bond donors (Lipinski definition) is 11. The van der Waals surface area contributed by atoms with Crippen LogP contribution in [0.15, 0.2) is 23.2 Å². The number of aliphatic hydroxyl groups is 5. The summed E-state index contributed by atoms with van der Waals surface area (Å²) >= 11 is 0. The molecule has 1 aliphatic carbocycles. The summed E-state index contributed by atoms with van der Waals surface area (Å²) in [6.45, 7) is -0.546. The van der Waals surface area contributed by atoms with Gasteiger partial charge in [0.1, 0.15) is 18.3 Å². The van der Waals surface area contributed by atoms with Crippen LogP contribution in [0.4, 0.5) is 0 Å². The molecule has 42 heavy (non-hydrogen) atoms. The zero-order valence-corrected chi connectivity index (χ0v) is 23.4. The molecule has 3 aliphatic heterocycles. The lowest BCUT2D eigenvalue weighted by Gasteiger charge is -2.47. The maximum Gasteiger partial charge on any atom is 0.321 e. The van der Waals surface area contributed by atoms with E-state index in [2.05, 4.69) is 10.6 Å². The highest BCUT2D eigenvalue weighted by molar-refractivity contribution is 5.77. The second kappa shape index (κ2) is 13.9. The lowest BCUT2D eigenvalue weighted by atomic mass is 9.86. The maximum absolute atomic E-state index is 11.6. The van der Waals surface area contributed by atoms with Gasteiger partial charge in [0.15, 0.2) is 17.3 Å². The molecule has 10 unspecified atom stereocenters. The van der Waals surface area contributed by atoms with E-state index < -0.39 is 84.7 Å². The first-order valence-corrected chi connectivity index (χ1v) is 14.0. The summed E-state index contributed by atoms with van der Waals surface area (Å²) in [5, 5.41) is 58.2. The lowest BCUT2D eigenvalue weighted by Crippen LogP contribution is -2.63. The van der Waals surface area contributed by atoms with Crippen molar-refractivity contribution in [2.45, 2.75) is 80.4 Å². The van der Waals surface area contributed by atoms with E-state index in [1.54, 1.807) is 7.05 Å². The van der Waals surface area contributed by atoms with Gasteiger partial charge in [-0.2, -0.15) is 0 Å². The van der Waals surface area contributed by atoms with Crippen molar-refractivity contribution in [3.05, 3.63) is 23.2 Å². The molecule has 2 bridgehead atoms. The summed E-state index contributed by atoms with van der Waals surface area (Å²) in [4.78, 5) is 11.6. The molecule has 15 N–H and O–H groups in total. The molecule has 4 aliphatic rings. The van der Waals surface area contributed by atoms with Gasteiger partial charge in [0.05, 0.1) is 44.0 Å². The van der Waals surface area contributed by atoms with Gasteiger partial charge in [-0.25, -0.2) is 0 Å². The fourth-order valence-corrected chi connectivity index (χ4v) is 5.62. The number of aliphatic hydroxyl groups excluding tert-OH is 5. The van der Waals surface area contributed by atoms with E-state index in [1.807, 2.05) is 0 Å². The number of amides is 1. The average Bonchev–Trinajstić information content (AvgIpc) is 2.97. The Morgan fingerprint density at radius 3 is 2.48 bits per heavy atom. The molecule has 17 heteroatoms. The smallest absolute Gasteiger partial charge is 0.321 e. The van der Waals surface area contributed by atoms with Crippen LogP contribution >= 0.6 is 0 Å². The molecule has 0 aromatic heterocycles. The Labute approximate surface area is 242 Å². The van der Waals surface area contributed by atoms with Crippen LogP contribution in [0.2, 0.25) is 0 Å². The Morgan fingerprint density at radius 1 is 1.07 bits per heavy atom. The fourth-order valence-electron chi connectivity index (χ4n) is 5.62. The van der Waals surface area contributed by atoms with Crippen LogP contribution in [0, 0.1) is 11.8 Å². The van der Waals surface area contributed by atoms with Gasteiger partial charge in [-0.3, -0.25) is 4.79 Å². The van der Waals surface area contributed by atoms with E-state index in [0.717, 1.165) is 0 Å². The summed E-state index contributed by atoms with van der Waals surface area (Å²) in [7, 11) is 1.57. The van der Waals surface area contributed by atoms with Gasteiger partial charge in [0, 0.05) is 24.4 Å². The molecule has 0 saturated carbocycles. The molecule has 17 nitrogen and oxygen atoms in total. The molecule has 12 atom stereocenters. The maximum atomic E-state index is 11.6. The number of rotatable bonds is 9. The topological polar surface area (TPSA) is 293 Å². The predicted molar refractivity (Wildman–Crippen MR) is 144 cm³/mol. The number of hydrogen-bond acceptors (Lipinski definition) is 16. The quantitative estimate of drug-likeness (QED) is 0.119. The van der Waals surface area contributed by atoms with Gasteiger partial charge < -0.3 is 82.8 Å². The third-order valence-electron chi connectivity index (χ3n) is 8.17. The molecule has 0 spiro atoms. The molecule has 1 amide bonds. The summed E-state index contributed by atoms with van der Waals surface area (Å²) in [6, 6.07) is -3.28. The van der Waals surface area contributed by atoms with Crippen molar-refractivity contribution in [2.75, 3.05) is 33.4 Å². The van der Waals surface area contributed by atoms with Crippen LogP contribution in [0.25, 0.3) is 0 Å². The van der Waals surface area contributed by atoms with Crippen LogP contribution in [0.5, 0.6) is 0 Å². The number of ether oxygens (including phenoxy) is 5. The summed E-state index contributed by atoms with van der Waals surface area (Å²) in [5.41, 5.74) is 23.7. The SMILES string of the molecule is CNC1C(OC2=C(O)C(CNC(=O)CN)CC(CO)O2)OCC2CC(O[C@H](OC3=C(O)C(O)[C@H](N)CC3N)C2N)C1O. The summed E-state index contributed by atoms with van der Waals surface area (Å²) < 4.78 is 29.6. The number of nitrogens with two attached hydrogens (primary N) is 4. The van der Waals surface area contributed by atoms with Crippen LogP contribution in [-0.2, 0) is 28.5 Å². The molecule has 2 saturated heterocycles. The lowest BCUT2D eigenvalue weighted by molar-refractivity contribution is -0.270. The number of fused-ring (bicyclic) bond motifs is 2. The second-order valence-electron chi connectivity index (χ2n) is 11.1. The number of likely N-dealkylation sites (N-methyl/N-ethyl adjacent to an activating group) is 1. The number of carbonyl (C=O) groups excluding carboxylic acids is 1. The Hall–Kier alpha value is -2.45. The highest BCUT2D eigenvalue weighted by Crippen LogP contribution is 2.36. The zero-order chi connectivity index (χ0) is 30.7. The summed E-state index contributed by atoms with van der Waals surface area (Å²) in [5.74, 6) is -2.66. The van der Waals surface area contributed by atoms with Crippen molar-refractivity contribution in [2.24, 2.45) is 34.8 Å². The van der Waals surface area contributed by atoms with Crippen LogP contribution < -0.4 is 33.6 Å². The van der Waals surface area contributed by atoms with Crippen molar-refractivity contribution in [3.8, 4) is 0 Å². The molecule has 3 heterocycles. The highest BCUT2D eigenvalue weighted by Gasteiger charge is 2.49. The van der Waals surface area contributed by atoms with Crippen LogP contribution in [0.3, 0.4) is 0 Å². The monoisotopic (exact) mass is 604 g/mol. The van der Waals surface area contributed by atoms with Gasteiger partial charge in [0.25, 0.3) is 0 Å². The average molecular weight is 605 g/mol. The minimum atomic E-state index is -1.36. The third kappa shape index (κ3) is 6.85. The van der Waals surface area contributed by atoms with E-state index in [9.17, 15) is 30.3 Å². The predicted octanol–water partition coefficient (Wildman–Crippen LogP) is -4.23. The molecule has 0 radical (unpaired) electrons. The molecule has 2 fully saturated rings. The van der Waals surface area contributed by atoms with Gasteiger partial charge in [0.2, 0.25) is 18.5 Å². The minimum absolute atomic E-state index is 0.0223. The van der Waals surface area contributed by atoms with E-state index in [4.69, 9.17) is 46.6 Å². The zero-order valence-electron chi connectivity index (χ0n) is 23.4. The fraction of sp³-hybridized carbons (Fsp3) is 0.800. The molecular formula is C25H44N6O11. The number of carbonyl (C=O) groups is 1. The van der Waals surface area contributed by atoms with Crippen molar-refractivity contribution < 1.29 is 54.0 Å². The Bertz CT molecular complexity index is 1020. The second-order valence-corrected chi connectivity index (χ2v) is 11.1. The normalized spacial score (nSPS) is 41.0. The van der Waals surface area contributed by atoms with E-state index in [1.165, 1.54) is 0 Å². The van der Waals surface area contributed by atoms with E-state index in [-0.39, 0.29) is 56.6 Å². The molecule has 0 aromatic rings. The highest BCUT2D eigenvalue weighted by atomic mass is 16.8. The first-order valence-electron chi connectivity index (χ1n) is 14.0. The molecule has 240 valence electrons. The van der Waals surface area contributed by atoms with Crippen LogP contribution in [0.1, 0.15) is 19.3 Å². The Morgan fingerprint density at radius 2 is 1.81 bits per heavy atom. The Balaban J connectivity index is 1.51. The first kappa shape index (κ1) is 32.5. The van der Waals surface area contributed by atoms with Crippen molar-refractivity contribution in [1.29, 1.82) is 0 Å². The largest absolute Gasteiger partial charge is 0.506 e.